The van der Waals surface area contributed by atoms with Crippen LogP contribution >= 0.6 is 0 Å². The van der Waals surface area contributed by atoms with E-state index in [1.165, 1.54) is 0 Å². The van der Waals surface area contributed by atoms with Gasteiger partial charge in [0.25, 0.3) is 0 Å². The van der Waals surface area contributed by atoms with Crippen LogP contribution in [0.15, 0.2) is 115 Å². The van der Waals surface area contributed by atoms with E-state index in [4.69, 9.17) is 16.0 Å². The molecule has 0 unspecified atom stereocenters. The van der Waals surface area contributed by atoms with Gasteiger partial charge in [0.15, 0.2) is 0 Å². The second-order valence-electron chi connectivity index (χ2n) is 10.3. The summed E-state index contributed by atoms with van der Waals surface area (Å²) in [5.74, 6) is 0.434. The lowest BCUT2D eigenvalue weighted by atomic mass is 9.81. The minimum Gasteiger partial charge on any atom is -0.295 e. The number of nitrogens with zero attached hydrogens (tertiary/aromatic N) is 2. The standard InChI is InChI=1S/C38H30N2/c1-4-35-39-33-19-11-12-20-34(33)40(35)37-29-16-7-5-14-27(29)36(28-15-6-8-17-30(28)37)24-21-22-26-25-13-9-10-18-31(25)38(2,3)32(26)23-24/h5-23H,4H2,1-3H3/i5D,6D,7D,8D,9D,10D,13D,14D,15D,16D,17D,18D,21D,22D,23D. The number of aromatic nitrogens is 2. The van der Waals surface area contributed by atoms with E-state index in [1.54, 1.807) is 42.7 Å². The molecule has 0 aliphatic heterocycles. The van der Waals surface area contributed by atoms with Crippen LogP contribution in [-0.4, -0.2) is 9.55 Å². The van der Waals surface area contributed by atoms with Crippen LogP contribution in [0.4, 0.5) is 0 Å². The van der Waals surface area contributed by atoms with Gasteiger partial charge in [-0.2, -0.15) is 0 Å². The molecule has 0 atom stereocenters. The first-order valence-electron chi connectivity index (χ1n) is 20.5. The molecule has 0 N–H and O–H groups in total. The lowest BCUT2D eigenvalue weighted by molar-refractivity contribution is 0.660. The van der Waals surface area contributed by atoms with E-state index < -0.39 is 90.0 Å². The van der Waals surface area contributed by atoms with Crippen LogP contribution in [0.1, 0.15) is 58.3 Å². The summed E-state index contributed by atoms with van der Waals surface area (Å²) in [4.78, 5) is 4.76. The minimum atomic E-state index is -1.34. The van der Waals surface area contributed by atoms with Gasteiger partial charge in [-0.3, -0.25) is 4.57 Å². The maximum atomic E-state index is 9.82. The van der Waals surface area contributed by atoms with Crippen molar-refractivity contribution in [1.82, 2.24) is 9.55 Å². The topological polar surface area (TPSA) is 17.8 Å². The van der Waals surface area contributed by atoms with Crippen LogP contribution in [0.3, 0.4) is 0 Å². The van der Waals surface area contributed by atoms with Crippen LogP contribution in [0, 0.1) is 0 Å². The summed E-state index contributed by atoms with van der Waals surface area (Å²) in [6.07, 6.45) is 0.322. The zero-order valence-corrected chi connectivity index (χ0v) is 21.9. The Balaban J connectivity index is 1.71. The maximum absolute atomic E-state index is 9.82. The first kappa shape index (κ1) is 12.7. The summed E-state index contributed by atoms with van der Waals surface area (Å²) < 4.78 is 137. The first-order valence-corrected chi connectivity index (χ1v) is 13.0. The van der Waals surface area contributed by atoms with E-state index in [0.717, 1.165) is 0 Å². The van der Waals surface area contributed by atoms with Gasteiger partial charge in [0.1, 0.15) is 5.82 Å². The van der Waals surface area contributed by atoms with E-state index in [1.807, 2.05) is 6.92 Å². The molecular weight excluding hydrogens is 484 g/mol. The highest BCUT2D eigenvalue weighted by Crippen LogP contribution is 2.51. The summed E-state index contributed by atoms with van der Waals surface area (Å²) in [6, 6.07) is -1.27. The summed E-state index contributed by atoms with van der Waals surface area (Å²) in [6.45, 7) is 5.10. The Morgan fingerprint density at radius 3 is 2.08 bits per heavy atom. The van der Waals surface area contributed by atoms with Gasteiger partial charge in [0.2, 0.25) is 0 Å². The molecule has 7 aromatic rings. The Hall–Kier alpha value is -4.69. The number of rotatable bonds is 3. The van der Waals surface area contributed by atoms with Gasteiger partial charge in [-0.1, -0.05) is 117 Å². The van der Waals surface area contributed by atoms with E-state index >= 15 is 0 Å². The lowest BCUT2D eigenvalue weighted by Crippen LogP contribution is -2.14. The van der Waals surface area contributed by atoms with Crippen molar-refractivity contribution in [2.45, 2.75) is 32.6 Å². The van der Waals surface area contributed by atoms with E-state index in [9.17, 15) is 9.60 Å². The van der Waals surface area contributed by atoms with E-state index in [0.29, 0.717) is 23.3 Å². The van der Waals surface area contributed by atoms with E-state index in [-0.39, 0.29) is 66.7 Å². The molecule has 2 heteroatoms. The highest BCUT2D eigenvalue weighted by molar-refractivity contribution is 6.18. The zero-order valence-electron chi connectivity index (χ0n) is 36.9. The van der Waals surface area contributed by atoms with Gasteiger partial charge in [-0.05, 0) is 62.3 Å². The lowest BCUT2D eigenvalue weighted by Gasteiger charge is -2.23. The quantitative estimate of drug-likeness (QED) is 0.208. The highest BCUT2D eigenvalue weighted by Gasteiger charge is 2.35. The third-order valence-corrected chi connectivity index (χ3v) is 7.77. The third kappa shape index (κ3) is 3.08. The smallest absolute Gasteiger partial charge is 0.114 e. The summed E-state index contributed by atoms with van der Waals surface area (Å²) in [5, 5.41) is -0.775. The van der Waals surface area contributed by atoms with Crippen LogP contribution in [0.5, 0.6) is 0 Å². The van der Waals surface area contributed by atoms with Gasteiger partial charge in [0.05, 0.1) is 37.3 Å². The van der Waals surface area contributed by atoms with Gasteiger partial charge < -0.3 is 0 Å². The molecule has 1 aromatic heterocycles. The summed E-state index contributed by atoms with van der Waals surface area (Å²) in [7, 11) is 0. The second kappa shape index (κ2) is 8.40. The molecule has 8 rings (SSSR count). The monoisotopic (exact) mass is 529 g/mol. The van der Waals surface area contributed by atoms with Gasteiger partial charge >= 0.3 is 0 Å². The SMILES string of the molecule is [2H]c1c([2H])c([2H])c2c(c1[2H])-c1c([2H])c([2H])c(-c3c4c([2H])c([2H])c([2H])c([2H])c4c(-n4c(CC)nc5ccccc54)c4c([2H])c([2H])c([2H])c([2H])c34)c([2H])c1C2(C)C. The van der Waals surface area contributed by atoms with Crippen LogP contribution in [0.2, 0.25) is 0 Å². The Bertz CT molecular complexity index is 2870. The van der Waals surface area contributed by atoms with Crippen molar-refractivity contribution >= 4 is 32.6 Å². The molecule has 0 saturated heterocycles. The largest absolute Gasteiger partial charge is 0.295 e. The molecule has 40 heavy (non-hydrogen) atoms. The predicted octanol–water partition coefficient (Wildman–Crippen LogP) is 9.87. The Morgan fingerprint density at radius 2 is 1.35 bits per heavy atom. The molecule has 0 saturated carbocycles. The average Bonchev–Trinajstić information content (AvgIpc) is 3.66. The fourth-order valence-electron chi connectivity index (χ4n) is 5.92. The summed E-state index contributed by atoms with van der Waals surface area (Å²) in [5.41, 5.74) is -0.771. The molecule has 192 valence electrons. The molecule has 6 aromatic carbocycles. The first-order chi connectivity index (χ1) is 25.8. The number of aryl methyl sites for hydroxylation is 1. The highest BCUT2D eigenvalue weighted by atomic mass is 15.1. The maximum Gasteiger partial charge on any atom is 0.114 e. The number of fused-ring (bicyclic) bond motifs is 6. The summed E-state index contributed by atoms with van der Waals surface area (Å²) >= 11 is 0. The number of imidazole rings is 1. The van der Waals surface area contributed by atoms with Gasteiger partial charge in [-0.25, -0.2) is 4.98 Å². The Morgan fingerprint density at radius 1 is 0.725 bits per heavy atom. The number of hydrogen-bond donors (Lipinski definition) is 0. The zero-order chi connectivity index (χ0) is 40.1. The predicted molar refractivity (Wildman–Crippen MR) is 168 cm³/mol. The molecule has 1 aliphatic carbocycles. The molecular formula is C38H30N2. The fourth-order valence-corrected chi connectivity index (χ4v) is 5.92. The number of para-hydroxylation sites is 2. The third-order valence-electron chi connectivity index (χ3n) is 7.77. The van der Waals surface area contributed by atoms with Crippen molar-refractivity contribution in [1.29, 1.82) is 0 Å². The van der Waals surface area contributed by atoms with Gasteiger partial charge in [-0.15, -0.1) is 0 Å². The molecule has 0 bridgehead atoms. The second-order valence-corrected chi connectivity index (χ2v) is 10.3. The molecule has 1 aliphatic rings. The van der Waals surface area contributed by atoms with Crippen LogP contribution in [-0.2, 0) is 11.8 Å². The van der Waals surface area contributed by atoms with Gasteiger partial charge in [0, 0.05) is 22.6 Å². The van der Waals surface area contributed by atoms with Crippen molar-refractivity contribution in [2.75, 3.05) is 0 Å². The molecule has 0 spiro atoms. The molecule has 0 amide bonds. The van der Waals surface area contributed by atoms with Crippen molar-refractivity contribution in [3.05, 3.63) is 132 Å². The molecule has 0 radical (unpaired) electrons. The number of hydrogen-bond acceptors (Lipinski definition) is 1. The van der Waals surface area contributed by atoms with Crippen molar-refractivity contribution < 1.29 is 20.6 Å². The molecule has 2 nitrogen and oxygen atoms in total. The Labute approximate surface area is 255 Å². The molecule has 0 fully saturated rings. The average molecular weight is 530 g/mol. The fraction of sp³-hybridized carbons (Fsp3) is 0.132. The minimum absolute atomic E-state index is 0.0139. The van der Waals surface area contributed by atoms with Crippen LogP contribution in [0.25, 0.3) is 60.5 Å². The number of benzene rings is 6. The normalized spacial score (nSPS) is 18.9. The Kier molecular flexibility index (Phi) is 2.66. The van der Waals surface area contributed by atoms with Crippen molar-refractivity contribution in [3.8, 4) is 27.9 Å². The van der Waals surface area contributed by atoms with E-state index in [2.05, 4.69) is 0 Å². The molecule has 1 heterocycles. The van der Waals surface area contributed by atoms with Crippen molar-refractivity contribution in [2.24, 2.45) is 0 Å². The van der Waals surface area contributed by atoms with Crippen molar-refractivity contribution in [3.63, 3.8) is 0 Å². The van der Waals surface area contributed by atoms with Crippen LogP contribution < -0.4 is 0 Å².